The van der Waals surface area contributed by atoms with Crippen molar-refractivity contribution in [3.05, 3.63) is 71.2 Å². The summed E-state index contributed by atoms with van der Waals surface area (Å²) >= 11 is 3.28. The number of hydrogen-bond acceptors (Lipinski definition) is 3. The first kappa shape index (κ1) is 17.0. The molecule has 0 amide bonds. The lowest BCUT2D eigenvalue weighted by Gasteiger charge is -2.09. The predicted octanol–water partition coefficient (Wildman–Crippen LogP) is 3.96. The summed E-state index contributed by atoms with van der Waals surface area (Å²) in [4.78, 5) is 0.233. The molecule has 0 radical (unpaired) electrons. The molecule has 3 rings (SSSR count). The zero-order valence-electron chi connectivity index (χ0n) is 12.8. The molecule has 0 aromatic heterocycles. The van der Waals surface area contributed by atoms with Crippen LogP contribution in [-0.2, 0) is 10.0 Å². The molecule has 0 unspecified atom stereocenters. The molecule has 1 N–H and O–H groups in total. The molecule has 0 fully saturated rings. The SMILES string of the molecule is O=S(=O)(NCCOc1ccc2ccccc2c1)c1ccc(Br)cc1. The van der Waals surface area contributed by atoms with Gasteiger partial charge in [-0.1, -0.05) is 46.3 Å². The molecule has 0 aliphatic carbocycles. The first-order valence-electron chi connectivity index (χ1n) is 7.41. The monoisotopic (exact) mass is 405 g/mol. The lowest BCUT2D eigenvalue weighted by atomic mass is 10.1. The molecule has 0 atom stereocenters. The van der Waals surface area contributed by atoms with Gasteiger partial charge in [0, 0.05) is 11.0 Å². The van der Waals surface area contributed by atoms with Crippen molar-refractivity contribution in [3.63, 3.8) is 0 Å². The second-order valence-electron chi connectivity index (χ2n) is 5.21. The molecule has 0 spiro atoms. The molecule has 0 aliphatic rings. The Balaban J connectivity index is 1.56. The van der Waals surface area contributed by atoms with Crippen LogP contribution in [0.4, 0.5) is 0 Å². The van der Waals surface area contributed by atoms with E-state index in [0.29, 0.717) is 0 Å². The molecule has 0 aliphatic heterocycles. The van der Waals surface area contributed by atoms with Crippen LogP contribution < -0.4 is 9.46 Å². The second-order valence-corrected chi connectivity index (χ2v) is 7.89. The number of rotatable bonds is 6. The van der Waals surface area contributed by atoms with Crippen LogP contribution >= 0.6 is 15.9 Å². The van der Waals surface area contributed by atoms with Crippen molar-refractivity contribution in [3.8, 4) is 5.75 Å². The summed E-state index contributed by atoms with van der Waals surface area (Å²) in [5.74, 6) is 0.719. The van der Waals surface area contributed by atoms with Gasteiger partial charge in [-0.2, -0.15) is 0 Å². The summed E-state index contributed by atoms with van der Waals surface area (Å²) in [6, 6.07) is 20.3. The van der Waals surface area contributed by atoms with E-state index < -0.39 is 10.0 Å². The lowest BCUT2D eigenvalue weighted by molar-refractivity contribution is 0.323. The number of nitrogens with one attached hydrogen (secondary N) is 1. The van der Waals surface area contributed by atoms with E-state index in [1.165, 1.54) is 0 Å². The Hall–Kier alpha value is -1.89. The number of sulfonamides is 1. The van der Waals surface area contributed by atoms with Gasteiger partial charge in [-0.3, -0.25) is 0 Å². The summed E-state index contributed by atoms with van der Waals surface area (Å²) < 4.78 is 33.3. The fourth-order valence-corrected chi connectivity index (χ4v) is 3.58. The van der Waals surface area contributed by atoms with Gasteiger partial charge in [0.15, 0.2) is 0 Å². The fraction of sp³-hybridized carbons (Fsp3) is 0.111. The minimum Gasteiger partial charge on any atom is -0.492 e. The van der Waals surface area contributed by atoms with Crippen molar-refractivity contribution in [2.75, 3.05) is 13.2 Å². The zero-order valence-corrected chi connectivity index (χ0v) is 15.2. The van der Waals surface area contributed by atoms with Gasteiger partial charge in [-0.15, -0.1) is 0 Å². The number of hydrogen-bond donors (Lipinski definition) is 1. The standard InChI is InChI=1S/C18H16BrNO3S/c19-16-6-9-18(10-7-16)24(21,22)20-11-12-23-17-8-5-14-3-1-2-4-15(14)13-17/h1-10,13,20H,11-12H2. The van der Waals surface area contributed by atoms with Gasteiger partial charge in [-0.25, -0.2) is 13.1 Å². The van der Waals surface area contributed by atoms with E-state index in [2.05, 4.69) is 20.7 Å². The summed E-state index contributed by atoms with van der Waals surface area (Å²) in [5.41, 5.74) is 0. The van der Waals surface area contributed by atoms with Crippen molar-refractivity contribution in [1.29, 1.82) is 0 Å². The third-order valence-corrected chi connectivity index (χ3v) is 5.51. The van der Waals surface area contributed by atoms with Crippen LogP contribution in [0.2, 0.25) is 0 Å². The van der Waals surface area contributed by atoms with Crippen LogP contribution in [-0.4, -0.2) is 21.6 Å². The molecular weight excluding hydrogens is 390 g/mol. The molecule has 0 saturated heterocycles. The Morgan fingerprint density at radius 3 is 2.38 bits per heavy atom. The van der Waals surface area contributed by atoms with E-state index in [1.54, 1.807) is 24.3 Å². The summed E-state index contributed by atoms with van der Waals surface area (Å²) in [6.45, 7) is 0.458. The predicted molar refractivity (Wildman–Crippen MR) is 98.8 cm³/mol. The Morgan fingerprint density at radius 1 is 0.917 bits per heavy atom. The van der Waals surface area contributed by atoms with E-state index in [9.17, 15) is 8.42 Å². The molecule has 24 heavy (non-hydrogen) atoms. The smallest absolute Gasteiger partial charge is 0.240 e. The first-order chi connectivity index (χ1) is 11.5. The molecule has 0 saturated carbocycles. The number of halogens is 1. The van der Waals surface area contributed by atoms with Crippen LogP contribution in [0.3, 0.4) is 0 Å². The normalized spacial score (nSPS) is 11.5. The maximum absolute atomic E-state index is 12.1. The van der Waals surface area contributed by atoms with Crippen LogP contribution in [0.5, 0.6) is 5.75 Å². The van der Waals surface area contributed by atoms with E-state index in [4.69, 9.17) is 4.74 Å². The van der Waals surface area contributed by atoms with Crippen molar-refractivity contribution in [1.82, 2.24) is 4.72 Å². The number of benzene rings is 3. The maximum atomic E-state index is 12.1. The van der Waals surface area contributed by atoms with Gasteiger partial charge in [-0.05, 0) is 47.2 Å². The first-order valence-corrected chi connectivity index (χ1v) is 9.69. The Bertz CT molecular complexity index is 940. The average Bonchev–Trinajstić information content (AvgIpc) is 2.59. The van der Waals surface area contributed by atoms with Crippen LogP contribution in [0, 0.1) is 0 Å². The molecule has 0 heterocycles. The molecule has 124 valence electrons. The number of fused-ring (bicyclic) bond motifs is 1. The van der Waals surface area contributed by atoms with Gasteiger partial charge in [0.25, 0.3) is 0 Å². The summed E-state index contributed by atoms with van der Waals surface area (Å²) in [6.07, 6.45) is 0. The highest BCUT2D eigenvalue weighted by molar-refractivity contribution is 9.10. The third kappa shape index (κ3) is 4.14. The Morgan fingerprint density at radius 2 is 1.62 bits per heavy atom. The van der Waals surface area contributed by atoms with Crippen molar-refractivity contribution < 1.29 is 13.2 Å². The Kier molecular flexibility index (Phi) is 5.18. The van der Waals surface area contributed by atoms with E-state index in [-0.39, 0.29) is 18.0 Å². The van der Waals surface area contributed by atoms with Gasteiger partial charge < -0.3 is 4.74 Å². The molecule has 0 bridgehead atoms. The largest absolute Gasteiger partial charge is 0.492 e. The molecular formula is C18H16BrNO3S. The Labute approximate surface area is 149 Å². The fourth-order valence-electron chi connectivity index (χ4n) is 2.30. The van der Waals surface area contributed by atoms with E-state index in [0.717, 1.165) is 21.0 Å². The second kappa shape index (κ2) is 7.34. The third-order valence-electron chi connectivity index (χ3n) is 3.51. The van der Waals surface area contributed by atoms with Crippen LogP contribution in [0.15, 0.2) is 76.1 Å². The zero-order chi connectivity index (χ0) is 17.0. The molecule has 3 aromatic carbocycles. The van der Waals surface area contributed by atoms with E-state index in [1.807, 2.05) is 42.5 Å². The molecule has 4 nitrogen and oxygen atoms in total. The minimum absolute atomic E-state index is 0.200. The summed E-state index contributed by atoms with van der Waals surface area (Å²) in [7, 11) is -3.52. The highest BCUT2D eigenvalue weighted by Crippen LogP contribution is 2.20. The lowest BCUT2D eigenvalue weighted by Crippen LogP contribution is -2.28. The van der Waals surface area contributed by atoms with Crippen molar-refractivity contribution in [2.45, 2.75) is 4.90 Å². The van der Waals surface area contributed by atoms with Gasteiger partial charge in [0.1, 0.15) is 12.4 Å². The maximum Gasteiger partial charge on any atom is 0.240 e. The van der Waals surface area contributed by atoms with Gasteiger partial charge in [0.05, 0.1) is 4.90 Å². The molecule has 3 aromatic rings. The van der Waals surface area contributed by atoms with Gasteiger partial charge >= 0.3 is 0 Å². The van der Waals surface area contributed by atoms with Crippen LogP contribution in [0.1, 0.15) is 0 Å². The topological polar surface area (TPSA) is 55.4 Å². The highest BCUT2D eigenvalue weighted by atomic mass is 79.9. The van der Waals surface area contributed by atoms with Gasteiger partial charge in [0.2, 0.25) is 10.0 Å². The number of ether oxygens (including phenoxy) is 1. The summed E-state index contributed by atoms with van der Waals surface area (Å²) in [5, 5.41) is 2.23. The van der Waals surface area contributed by atoms with E-state index >= 15 is 0 Å². The van der Waals surface area contributed by atoms with Crippen molar-refractivity contribution in [2.24, 2.45) is 0 Å². The minimum atomic E-state index is -3.52. The van der Waals surface area contributed by atoms with Crippen LogP contribution in [0.25, 0.3) is 10.8 Å². The highest BCUT2D eigenvalue weighted by Gasteiger charge is 2.12. The molecule has 6 heteroatoms. The van der Waals surface area contributed by atoms with Crippen molar-refractivity contribution >= 4 is 36.7 Å². The average molecular weight is 406 g/mol. The quantitative estimate of drug-likeness (QED) is 0.631.